The van der Waals surface area contributed by atoms with Crippen LogP contribution >= 0.6 is 0 Å². The molecule has 0 aliphatic rings. The maximum atomic E-state index is 15.0. The van der Waals surface area contributed by atoms with Gasteiger partial charge in [0.05, 0.1) is 25.9 Å². The molecular formula is C28H21F2N5O5. The van der Waals surface area contributed by atoms with Gasteiger partial charge in [0.2, 0.25) is 0 Å². The van der Waals surface area contributed by atoms with Gasteiger partial charge in [-0.1, -0.05) is 0 Å². The lowest BCUT2D eigenvalue weighted by Crippen LogP contribution is -2.29. The first kappa shape index (κ1) is 26.2. The first-order valence-electron chi connectivity index (χ1n) is 11.8. The predicted octanol–water partition coefficient (Wildman–Crippen LogP) is 4.82. The number of carbonyl (C=O) groups is 1. The zero-order valence-electron chi connectivity index (χ0n) is 21.4. The molecular weight excluding hydrogens is 524 g/mol. The summed E-state index contributed by atoms with van der Waals surface area (Å²) in [4.78, 5) is 38.5. The number of methoxy groups -OCH3 is 2. The summed E-state index contributed by atoms with van der Waals surface area (Å²) in [6.45, 7) is 1.65. The number of aryl methyl sites for hydroxylation is 1. The monoisotopic (exact) mass is 545 g/mol. The highest BCUT2D eigenvalue weighted by atomic mass is 19.1. The molecule has 0 saturated carbocycles. The van der Waals surface area contributed by atoms with Crippen molar-refractivity contribution in [2.45, 2.75) is 6.92 Å². The second-order valence-corrected chi connectivity index (χ2v) is 8.44. The highest BCUT2D eigenvalue weighted by Crippen LogP contribution is 2.35. The lowest BCUT2D eigenvalue weighted by atomic mass is 10.2. The lowest BCUT2D eigenvalue weighted by molar-refractivity contribution is 0.102. The van der Waals surface area contributed by atoms with E-state index in [9.17, 15) is 14.0 Å². The summed E-state index contributed by atoms with van der Waals surface area (Å²) < 4.78 is 45.8. The standard InChI is InChI=1S/C28H21F2N5O5/c1-15-4-7-18(28(37)35(15)24-9-5-16(29)14-32-24)26(36)33-17-6-8-21(19(30)12-17)40-22-10-11-31-20-13-23(38-2)27(39-3)34-25(20)22/h4-14H,1-3H3,(H,33,36). The SMILES string of the molecule is COc1cc2nccc(Oc3ccc(NC(=O)c4ccc(C)n(-c5ccc(F)cn5)c4=O)cc3F)c2nc1OC. The number of anilines is 1. The van der Waals surface area contributed by atoms with Crippen molar-refractivity contribution in [2.24, 2.45) is 0 Å². The molecule has 1 N–H and O–H groups in total. The molecule has 10 nitrogen and oxygen atoms in total. The van der Waals surface area contributed by atoms with Crippen LogP contribution < -0.4 is 25.1 Å². The number of pyridine rings is 4. The van der Waals surface area contributed by atoms with Crippen LogP contribution in [0.3, 0.4) is 0 Å². The molecule has 0 aliphatic heterocycles. The van der Waals surface area contributed by atoms with E-state index < -0.39 is 23.1 Å². The molecule has 0 bridgehead atoms. The third-order valence-electron chi connectivity index (χ3n) is 5.89. The lowest BCUT2D eigenvalue weighted by Gasteiger charge is -2.13. The Morgan fingerprint density at radius 3 is 2.45 bits per heavy atom. The van der Waals surface area contributed by atoms with Crippen LogP contribution in [-0.4, -0.2) is 39.6 Å². The molecule has 5 aromatic rings. The molecule has 0 spiro atoms. The topological polar surface area (TPSA) is 117 Å². The van der Waals surface area contributed by atoms with Crippen LogP contribution in [0, 0.1) is 18.6 Å². The summed E-state index contributed by atoms with van der Waals surface area (Å²) in [6.07, 6.45) is 2.45. The number of amides is 1. The molecule has 0 unspecified atom stereocenters. The number of fused-ring (bicyclic) bond motifs is 1. The molecule has 12 heteroatoms. The fourth-order valence-electron chi connectivity index (χ4n) is 3.95. The molecule has 0 fully saturated rings. The highest BCUT2D eigenvalue weighted by Gasteiger charge is 2.18. The summed E-state index contributed by atoms with van der Waals surface area (Å²) in [7, 11) is 2.91. The summed E-state index contributed by atoms with van der Waals surface area (Å²) in [6, 6.07) is 12.3. The van der Waals surface area contributed by atoms with Gasteiger partial charge in [0.25, 0.3) is 17.3 Å². The molecule has 1 aromatic carbocycles. The number of nitrogens with one attached hydrogen (secondary N) is 1. The van der Waals surface area contributed by atoms with Crippen LogP contribution in [-0.2, 0) is 0 Å². The number of rotatable bonds is 7. The normalized spacial score (nSPS) is 10.8. The Hall–Kier alpha value is -5.39. The zero-order chi connectivity index (χ0) is 28.4. The largest absolute Gasteiger partial charge is 0.491 e. The number of hydrogen-bond donors (Lipinski definition) is 1. The Bertz CT molecular complexity index is 1810. The minimum Gasteiger partial charge on any atom is -0.491 e. The van der Waals surface area contributed by atoms with E-state index in [2.05, 4.69) is 20.3 Å². The van der Waals surface area contributed by atoms with E-state index in [1.807, 2.05) is 0 Å². The van der Waals surface area contributed by atoms with Crippen molar-refractivity contribution < 1.29 is 27.8 Å². The second-order valence-electron chi connectivity index (χ2n) is 8.44. The molecule has 0 radical (unpaired) electrons. The van der Waals surface area contributed by atoms with E-state index in [0.717, 1.165) is 18.3 Å². The minimum atomic E-state index is -0.778. The van der Waals surface area contributed by atoms with Gasteiger partial charge in [0.1, 0.15) is 22.7 Å². The number of nitrogens with zero attached hydrogens (tertiary/aromatic N) is 4. The molecule has 40 heavy (non-hydrogen) atoms. The van der Waals surface area contributed by atoms with Gasteiger partial charge < -0.3 is 19.5 Å². The van der Waals surface area contributed by atoms with Crippen molar-refractivity contribution in [3.8, 4) is 28.9 Å². The fourth-order valence-corrected chi connectivity index (χ4v) is 3.95. The second kappa shape index (κ2) is 10.8. The zero-order valence-corrected chi connectivity index (χ0v) is 21.4. The van der Waals surface area contributed by atoms with Gasteiger partial charge in [-0.25, -0.2) is 18.7 Å². The van der Waals surface area contributed by atoms with Crippen molar-refractivity contribution in [3.63, 3.8) is 0 Å². The van der Waals surface area contributed by atoms with Crippen molar-refractivity contribution in [1.29, 1.82) is 0 Å². The first-order chi connectivity index (χ1) is 19.3. The van der Waals surface area contributed by atoms with Crippen LogP contribution in [0.4, 0.5) is 14.5 Å². The quantitative estimate of drug-likeness (QED) is 0.309. The Labute approximate surface area is 225 Å². The average molecular weight is 546 g/mol. The highest BCUT2D eigenvalue weighted by molar-refractivity contribution is 6.04. The Kier molecular flexibility index (Phi) is 7.06. The number of carbonyl (C=O) groups excluding carboxylic acids is 1. The van der Waals surface area contributed by atoms with E-state index >= 15 is 4.39 Å². The van der Waals surface area contributed by atoms with E-state index in [0.29, 0.717) is 22.5 Å². The number of benzene rings is 1. The third-order valence-corrected chi connectivity index (χ3v) is 5.89. The van der Waals surface area contributed by atoms with Crippen molar-refractivity contribution in [2.75, 3.05) is 19.5 Å². The van der Waals surface area contributed by atoms with Crippen LogP contribution in [0.2, 0.25) is 0 Å². The molecule has 0 aliphatic carbocycles. The van der Waals surface area contributed by atoms with Crippen LogP contribution in [0.15, 0.2) is 71.8 Å². The predicted molar refractivity (Wildman–Crippen MR) is 142 cm³/mol. The van der Waals surface area contributed by atoms with Crippen LogP contribution in [0.25, 0.3) is 16.9 Å². The minimum absolute atomic E-state index is 0.0883. The van der Waals surface area contributed by atoms with Gasteiger partial charge in [0, 0.05) is 35.8 Å². The number of ether oxygens (including phenoxy) is 3. The van der Waals surface area contributed by atoms with Gasteiger partial charge in [-0.3, -0.25) is 19.1 Å². The van der Waals surface area contributed by atoms with E-state index in [1.165, 1.54) is 55.3 Å². The van der Waals surface area contributed by atoms with E-state index in [-0.39, 0.29) is 34.4 Å². The Morgan fingerprint density at radius 2 is 1.75 bits per heavy atom. The maximum Gasteiger partial charge on any atom is 0.269 e. The molecule has 1 amide bonds. The number of halogens is 2. The molecule has 0 saturated heterocycles. The Morgan fingerprint density at radius 1 is 0.925 bits per heavy atom. The van der Waals surface area contributed by atoms with Crippen molar-refractivity contribution in [3.05, 3.63) is 100 Å². The Balaban J connectivity index is 1.40. The summed E-state index contributed by atoms with van der Waals surface area (Å²) in [5.41, 5.74) is 0.465. The van der Waals surface area contributed by atoms with Gasteiger partial charge >= 0.3 is 0 Å². The van der Waals surface area contributed by atoms with Crippen molar-refractivity contribution >= 4 is 22.6 Å². The van der Waals surface area contributed by atoms with Crippen LogP contribution in [0.1, 0.15) is 16.1 Å². The first-order valence-corrected chi connectivity index (χ1v) is 11.8. The molecule has 4 heterocycles. The van der Waals surface area contributed by atoms with Crippen LogP contribution in [0.5, 0.6) is 23.1 Å². The van der Waals surface area contributed by atoms with E-state index in [1.54, 1.807) is 19.1 Å². The number of hydrogen-bond acceptors (Lipinski definition) is 8. The summed E-state index contributed by atoms with van der Waals surface area (Å²) in [5.74, 6) is -1.29. The third kappa shape index (κ3) is 5.01. The molecule has 0 atom stereocenters. The summed E-state index contributed by atoms with van der Waals surface area (Å²) in [5, 5.41) is 2.51. The molecule has 5 rings (SSSR count). The maximum absolute atomic E-state index is 15.0. The van der Waals surface area contributed by atoms with Gasteiger partial charge in [-0.05, 0) is 43.3 Å². The van der Waals surface area contributed by atoms with Gasteiger partial charge in [-0.15, -0.1) is 0 Å². The summed E-state index contributed by atoms with van der Waals surface area (Å²) >= 11 is 0. The molecule has 202 valence electrons. The number of aromatic nitrogens is 4. The fraction of sp³-hybridized carbons (Fsp3) is 0.107. The van der Waals surface area contributed by atoms with E-state index in [4.69, 9.17) is 14.2 Å². The molecule has 4 aromatic heterocycles. The smallest absolute Gasteiger partial charge is 0.269 e. The average Bonchev–Trinajstić information content (AvgIpc) is 2.94. The van der Waals surface area contributed by atoms with Crippen molar-refractivity contribution in [1.82, 2.24) is 19.5 Å². The van der Waals surface area contributed by atoms with Gasteiger partial charge in [-0.2, -0.15) is 0 Å². The van der Waals surface area contributed by atoms with Gasteiger partial charge in [0.15, 0.2) is 23.1 Å².